The van der Waals surface area contributed by atoms with E-state index in [1.54, 1.807) is 24.7 Å². The Morgan fingerprint density at radius 1 is 1.19 bits per heavy atom. The molecular weight excluding hydrogens is 474 g/mol. The third-order valence-electron chi connectivity index (χ3n) is 5.34. The van der Waals surface area contributed by atoms with Crippen LogP contribution in [0.25, 0.3) is 11.1 Å². The van der Waals surface area contributed by atoms with Crippen LogP contribution in [0.15, 0.2) is 59.0 Å². The number of nitrogens with two attached hydrogens (primary N) is 1. The fourth-order valence-electron chi connectivity index (χ4n) is 3.49. The van der Waals surface area contributed by atoms with Gasteiger partial charge in [0.2, 0.25) is 11.8 Å². The van der Waals surface area contributed by atoms with Crippen LogP contribution in [0.2, 0.25) is 0 Å². The second kappa shape index (κ2) is 11.9. The lowest BCUT2D eigenvalue weighted by molar-refractivity contribution is 0.140. The highest BCUT2D eigenvalue weighted by Gasteiger charge is 2.26. The highest BCUT2D eigenvalue weighted by Crippen LogP contribution is 2.33. The third-order valence-corrected chi connectivity index (χ3v) is 5.34. The average molecular weight is 504 g/mol. The maximum Gasteiger partial charge on any atom is 0.414 e. The number of rotatable bonds is 8. The Bertz CT molecular complexity index is 1280. The van der Waals surface area contributed by atoms with E-state index in [0.29, 0.717) is 55.2 Å². The first-order chi connectivity index (χ1) is 17.9. The molecule has 1 aromatic carbocycles. The van der Waals surface area contributed by atoms with E-state index >= 15 is 0 Å². The molecule has 0 atom stereocenters. The molecular formula is C25H29N9O3. The fourth-order valence-corrected chi connectivity index (χ4v) is 3.49. The number of fused-ring (bicyclic) bond motifs is 1. The van der Waals surface area contributed by atoms with Gasteiger partial charge in [0.05, 0.1) is 36.0 Å². The zero-order valence-corrected chi connectivity index (χ0v) is 21.0. The Kier molecular flexibility index (Phi) is 8.21. The van der Waals surface area contributed by atoms with Gasteiger partial charge in [-0.2, -0.15) is 5.10 Å². The number of likely N-dealkylation sites (N-methyl/N-ethyl adjacent to an activating group) is 1. The minimum Gasteiger partial charge on any atom is -0.474 e. The van der Waals surface area contributed by atoms with Gasteiger partial charge >= 0.3 is 6.09 Å². The Morgan fingerprint density at radius 3 is 2.65 bits per heavy atom. The van der Waals surface area contributed by atoms with E-state index in [1.807, 2.05) is 50.2 Å². The van der Waals surface area contributed by atoms with Gasteiger partial charge in [-0.25, -0.2) is 19.7 Å². The summed E-state index contributed by atoms with van der Waals surface area (Å²) in [4.78, 5) is 33.7. The minimum atomic E-state index is -0.440. The summed E-state index contributed by atoms with van der Waals surface area (Å²) in [5.41, 5.74) is 4.44. The summed E-state index contributed by atoms with van der Waals surface area (Å²) in [6, 6.07) is 9.44. The molecule has 37 heavy (non-hydrogen) atoms. The Labute approximate surface area is 214 Å². The first-order valence-corrected chi connectivity index (χ1v) is 11.6. The molecule has 0 bridgehead atoms. The number of amides is 1. The summed E-state index contributed by atoms with van der Waals surface area (Å²) < 4.78 is 11.0. The van der Waals surface area contributed by atoms with E-state index in [1.165, 1.54) is 11.1 Å². The van der Waals surface area contributed by atoms with Crippen molar-refractivity contribution in [2.75, 3.05) is 50.6 Å². The van der Waals surface area contributed by atoms with E-state index in [2.05, 4.69) is 30.4 Å². The summed E-state index contributed by atoms with van der Waals surface area (Å²) in [6.45, 7) is 3.47. The molecule has 3 heterocycles. The summed E-state index contributed by atoms with van der Waals surface area (Å²) in [5, 5.41) is 6.60. The second-order valence-corrected chi connectivity index (χ2v) is 8.46. The number of carbonyl (C=O) groups is 1. The monoisotopic (exact) mass is 503 g/mol. The molecule has 0 radical (unpaired) electrons. The number of hydrogen-bond acceptors (Lipinski definition) is 11. The summed E-state index contributed by atoms with van der Waals surface area (Å²) in [6.07, 6.45) is 6.11. The van der Waals surface area contributed by atoms with Gasteiger partial charge in [-0.15, -0.1) is 0 Å². The molecule has 0 unspecified atom stereocenters. The SMILES string of the molecule is CC(/C=N\N)=Nc1ccc(-c2cnc(Nc3cnc4c(c3)N(C(=O)OCCN(C)C)CCO4)nc2)cc1. The number of hydrogen-bond donors (Lipinski definition) is 2. The van der Waals surface area contributed by atoms with Crippen molar-refractivity contribution >= 4 is 41.0 Å². The molecule has 3 aromatic rings. The Balaban J connectivity index is 1.44. The molecule has 4 rings (SSSR count). The molecule has 0 spiro atoms. The molecule has 0 fully saturated rings. The van der Waals surface area contributed by atoms with E-state index in [9.17, 15) is 4.79 Å². The lowest BCUT2D eigenvalue weighted by Crippen LogP contribution is -2.39. The van der Waals surface area contributed by atoms with Crippen molar-refractivity contribution in [3.8, 4) is 17.0 Å². The predicted octanol–water partition coefficient (Wildman–Crippen LogP) is 3.22. The number of aliphatic imine (C=N–C) groups is 1. The van der Waals surface area contributed by atoms with Gasteiger partial charge in [-0.1, -0.05) is 12.1 Å². The van der Waals surface area contributed by atoms with Gasteiger partial charge in [0.1, 0.15) is 18.9 Å². The minimum absolute atomic E-state index is 0.294. The van der Waals surface area contributed by atoms with Crippen LogP contribution in [0.3, 0.4) is 0 Å². The van der Waals surface area contributed by atoms with Crippen molar-refractivity contribution in [1.29, 1.82) is 0 Å². The van der Waals surface area contributed by atoms with Crippen LogP contribution < -0.4 is 20.8 Å². The van der Waals surface area contributed by atoms with Crippen LogP contribution in [0.5, 0.6) is 5.88 Å². The number of anilines is 3. The van der Waals surface area contributed by atoms with Crippen LogP contribution in [-0.4, -0.2) is 78.3 Å². The van der Waals surface area contributed by atoms with Gasteiger partial charge in [0, 0.05) is 24.5 Å². The quantitative estimate of drug-likeness (QED) is 0.269. The molecule has 192 valence electrons. The topological polar surface area (TPSA) is 143 Å². The van der Waals surface area contributed by atoms with Crippen LogP contribution in [0, 0.1) is 0 Å². The smallest absolute Gasteiger partial charge is 0.414 e. The van der Waals surface area contributed by atoms with Gasteiger partial charge < -0.3 is 25.5 Å². The maximum atomic E-state index is 12.6. The second-order valence-electron chi connectivity index (χ2n) is 8.46. The molecule has 1 amide bonds. The van der Waals surface area contributed by atoms with Crippen LogP contribution in [0.1, 0.15) is 6.92 Å². The van der Waals surface area contributed by atoms with Crippen molar-refractivity contribution in [2.45, 2.75) is 6.92 Å². The molecule has 3 N–H and O–H groups in total. The first kappa shape index (κ1) is 25.5. The highest BCUT2D eigenvalue weighted by atomic mass is 16.6. The molecule has 1 aliphatic heterocycles. The molecule has 12 heteroatoms. The van der Waals surface area contributed by atoms with Crippen molar-refractivity contribution in [3.63, 3.8) is 0 Å². The highest BCUT2D eigenvalue weighted by molar-refractivity contribution is 6.30. The first-order valence-electron chi connectivity index (χ1n) is 11.6. The van der Waals surface area contributed by atoms with Gasteiger partial charge in [0.15, 0.2) is 0 Å². The van der Waals surface area contributed by atoms with Crippen LogP contribution in [-0.2, 0) is 4.74 Å². The van der Waals surface area contributed by atoms with Gasteiger partial charge in [0.25, 0.3) is 0 Å². The predicted molar refractivity (Wildman–Crippen MR) is 143 cm³/mol. The Morgan fingerprint density at radius 2 is 1.95 bits per heavy atom. The van der Waals surface area contributed by atoms with Gasteiger partial charge in [-0.3, -0.25) is 9.89 Å². The summed E-state index contributed by atoms with van der Waals surface area (Å²) >= 11 is 0. The normalized spacial score (nSPS) is 13.4. The molecule has 1 aliphatic rings. The Hall–Kier alpha value is -4.58. The zero-order chi connectivity index (χ0) is 26.2. The van der Waals surface area contributed by atoms with Crippen LogP contribution in [0.4, 0.5) is 27.8 Å². The number of nitrogens with one attached hydrogen (secondary N) is 1. The molecule has 12 nitrogen and oxygen atoms in total. The fraction of sp³-hybridized carbons (Fsp3) is 0.280. The average Bonchev–Trinajstić information content (AvgIpc) is 2.89. The number of aromatic nitrogens is 3. The standard InChI is InChI=1S/C25H29N9O3/c1-17(13-30-26)31-20-6-4-18(5-7-20)19-14-28-24(29-15-19)32-21-12-22-23(27-16-21)36-11-9-34(22)25(35)37-10-8-33(2)3/h4-7,12-16H,8-11,26H2,1-3H3,(H,28,29,32)/b30-13-,31-17?. The lowest BCUT2D eigenvalue weighted by Gasteiger charge is -2.28. The van der Waals surface area contributed by atoms with E-state index in [4.69, 9.17) is 15.3 Å². The summed E-state index contributed by atoms with van der Waals surface area (Å²) in [5.74, 6) is 5.92. The lowest BCUT2D eigenvalue weighted by atomic mass is 10.1. The third kappa shape index (κ3) is 6.76. The number of pyridine rings is 1. The number of hydrazone groups is 1. The van der Waals surface area contributed by atoms with Crippen molar-refractivity contribution in [2.24, 2.45) is 15.9 Å². The molecule has 0 saturated carbocycles. The van der Waals surface area contributed by atoms with E-state index in [-0.39, 0.29) is 0 Å². The largest absolute Gasteiger partial charge is 0.474 e. The number of nitrogens with zero attached hydrogens (tertiary/aromatic N) is 7. The van der Waals surface area contributed by atoms with Crippen molar-refractivity contribution < 1.29 is 14.3 Å². The van der Waals surface area contributed by atoms with E-state index in [0.717, 1.165) is 16.8 Å². The zero-order valence-electron chi connectivity index (χ0n) is 21.0. The van der Waals surface area contributed by atoms with Crippen molar-refractivity contribution in [1.82, 2.24) is 19.9 Å². The molecule has 0 aliphatic carbocycles. The summed E-state index contributed by atoms with van der Waals surface area (Å²) in [7, 11) is 3.84. The number of ether oxygens (including phenoxy) is 2. The van der Waals surface area contributed by atoms with Crippen LogP contribution >= 0.6 is 0 Å². The van der Waals surface area contributed by atoms with Crippen molar-refractivity contribution in [3.05, 3.63) is 48.9 Å². The molecule has 2 aromatic heterocycles. The van der Waals surface area contributed by atoms with Gasteiger partial charge in [-0.05, 0) is 44.8 Å². The maximum absolute atomic E-state index is 12.6. The molecule has 0 saturated heterocycles. The number of carbonyl (C=O) groups excluding carboxylic acids is 1. The number of benzene rings is 1. The van der Waals surface area contributed by atoms with E-state index < -0.39 is 6.09 Å².